The van der Waals surface area contributed by atoms with E-state index in [0.717, 1.165) is 51.4 Å². The molecule has 0 aromatic heterocycles. The zero-order chi connectivity index (χ0) is 22.9. The van der Waals surface area contributed by atoms with Gasteiger partial charge in [-0.05, 0) is 49.7 Å². The summed E-state index contributed by atoms with van der Waals surface area (Å²) in [7, 11) is -2.81. The first-order valence-electron chi connectivity index (χ1n) is 11.5. The van der Waals surface area contributed by atoms with E-state index in [2.05, 4.69) is 24.3 Å². The summed E-state index contributed by atoms with van der Waals surface area (Å²) >= 11 is 0. The zero-order valence-corrected chi connectivity index (χ0v) is 19.8. The third kappa shape index (κ3) is 12.7. The number of hydrogen-bond donors (Lipinski definition) is 0. The third-order valence-corrected chi connectivity index (χ3v) is 5.99. The van der Waals surface area contributed by atoms with Crippen molar-refractivity contribution in [2.75, 3.05) is 13.2 Å². The molecule has 0 aliphatic carbocycles. The predicted octanol–water partition coefficient (Wildman–Crippen LogP) is 6.15. The number of rotatable bonds is 18. The molecule has 0 N–H and O–H groups in total. The molecule has 0 atom stereocenters. The van der Waals surface area contributed by atoms with Crippen LogP contribution in [0.2, 0.25) is 0 Å². The smallest absolute Gasteiger partial charge is 0.303 e. The Kier molecular flexibility index (Phi) is 13.5. The van der Waals surface area contributed by atoms with Gasteiger partial charge in [0.25, 0.3) is 0 Å². The van der Waals surface area contributed by atoms with Crippen LogP contribution in [0.3, 0.4) is 0 Å². The average molecular weight is 459 g/mol. The number of ketones is 2. The standard InChI is InChI=1S/C26H35O5P/c27-25(19-11-3-9-17-23-13-5-1-6-14-23)21-30-32(29)31-22-26(28)20-12-4-10-18-24-15-7-2-8-16-24/h1-2,5-8,13-16,32H,3-4,9-12,17-22H2. The molecule has 0 radical (unpaired) electrons. The summed E-state index contributed by atoms with van der Waals surface area (Å²) in [5, 5.41) is 0. The third-order valence-electron chi connectivity index (χ3n) is 5.23. The van der Waals surface area contributed by atoms with Crippen LogP contribution in [0.1, 0.15) is 62.5 Å². The van der Waals surface area contributed by atoms with E-state index in [1.165, 1.54) is 11.1 Å². The highest BCUT2D eigenvalue weighted by atomic mass is 31.1. The highest BCUT2D eigenvalue weighted by molar-refractivity contribution is 7.33. The summed E-state index contributed by atoms with van der Waals surface area (Å²) in [6.45, 7) is -0.436. The second-order valence-corrected chi connectivity index (χ2v) is 9.07. The number of benzene rings is 2. The largest absolute Gasteiger partial charge is 0.319 e. The van der Waals surface area contributed by atoms with Gasteiger partial charge >= 0.3 is 8.25 Å². The molecular formula is C26H35O5P. The molecule has 0 heterocycles. The minimum Gasteiger partial charge on any atom is -0.303 e. The summed E-state index contributed by atoms with van der Waals surface area (Å²) < 4.78 is 21.7. The number of unbranched alkanes of at least 4 members (excludes halogenated alkanes) is 4. The Labute approximate surface area is 192 Å². The van der Waals surface area contributed by atoms with E-state index in [1.807, 2.05) is 36.4 Å². The predicted molar refractivity (Wildman–Crippen MR) is 128 cm³/mol. The first kappa shape index (κ1) is 26.2. The lowest BCUT2D eigenvalue weighted by Crippen LogP contribution is -2.08. The number of carbonyl (C=O) groups is 2. The van der Waals surface area contributed by atoms with Crippen molar-refractivity contribution in [1.29, 1.82) is 0 Å². The minimum atomic E-state index is -2.81. The molecule has 0 spiro atoms. The molecule has 0 unspecified atom stereocenters. The fourth-order valence-electron chi connectivity index (χ4n) is 3.41. The van der Waals surface area contributed by atoms with Gasteiger partial charge in [-0.15, -0.1) is 0 Å². The zero-order valence-electron chi connectivity index (χ0n) is 18.8. The van der Waals surface area contributed by atoms with E-state index in [9.17, 15) is 14.2 Å². The van der Waals surface area contributed by atoms with Crippen LogP contribution in [0.5, 0.6) is 0 Å². The summed E-state index contributed by atoms with van der Waals surface area (Å²) in [6.07, 6.45) is 8.41. The summed E-state index contributed by atoms with van der Waals surface area (Å²) in [6, 6.07) is 20.5. The Morgan fingerprint density at radius 2 is 1.00 bits per heavy atom. The van der Waals surface area contributed by atoms with Crippen molar-refractivity contribution in [3.63, 3.8) is 0 Å². The molecule has 0 bridgehead atoms. The van der Waals surface area contributed by atoms with Gasteiger partial charge in [0, 0.05) is 12.8 Å². The van der Waals surface area contributed by atoms with Gasteiger partial charge in [-0.2, -0.15) is 0 Å². The van der Waals surface area contributed by atoms with E-state index < -0.39 is 8.25 Å². The van der Waals surface area contributed by atoms with Gasteiger partial charge in [0.05, 0.1) is 0 Å². The molecule has 2 rings (SSSR count). The fraction of sp³-hybridized carbons (Fsp3) is 0.462. The Morgan fingerprint density at radius 1 is 0.594 bits per heavy atom. The molecule has 6 heteroatoms. The average Bonchev–Trinajstić information content (AvgIpc) is 2.82. The van der Waals surface area contributed by atoms with Crippen molar-refractivity contribution in [3.05, 3.63) is 71.8 Å². The molecule has 2 aromatic rings. The van der Waals surface area contributed by atoms with Crippen molar-refractivity contribution in [1.82, 2.24) is 0 Å². The van der Waals surface area contributed by atoms with Crippen LogP contribution in [-0.2, 0) is 36.0 Å². The number of carbonyl (C=O) groups excluding carboxylic acids is 2. The second-order valence-electron chi connectivity index (χ2n) is 8.00. The Bertz CT molecular complexity index is 740. The van der Waals surface area contributed by atoms with Gasteiger partial charge in [0.2, 0.25) is 0 Å². The van der Waals surface area contributed by atoms with E-state index >= 15 is 0 Å². The maximum atomic E-state index is 11.9. The molecule has 0 fully saturated rings. The summed E-state index contributed by atoms with van der Waals surface area (Å²) in [5.41, 5.74) is 2.61. The fourth-order valence-corrected chi connectivity index (χ4v) is 4.05. The number of hydrogen-bond acceptors (Lipinski definition) is 5. The maximum Gasteiger partial charge on any atom is 0.319 e. The van der Waals surface area contributed by atoms with Gasteiger partial charge in [0.15, 0.2) is 11.6 Å². The lowest BCUT2D eigenvalue weighted by molar-refractivity contribution is -0.121. The molecule has 5 nitrogen and oxygen atoms in total. The molecule has 0 saturated carbocycles. The van der Waals surface area contributed by atoms with E-state index in [1.54, 1.807) is 0 Å². The Hall–Kier alpha value is -2.07. The van der Waals surface area contributed by atoms with E-state index in [4.69, 9.17) is 9.05 Å². The van der Waals surface area contributed by atoms with Crippen molar-refractivity contribution in [3.8, 4) is 0 Å². The second kappa shape index (κ2) is 16.5. The van der Waals surface area contributed by atoms with Crippen molar-refractivity contribution < 1.29 is 23.2 Å². The normalized spacial score (nSPS) is 11.0. The lowest BCUT2D eigenvalue weighted by Gasteiger charge is -2.06. The first-order valence-corrected chi connectivity index (χ1v) is 12.8. The van der Waals surface area contributed by atoms with Crippen LogP contribution in [0.25, 0.3) is 0 Å². The quantitative estimate of drug-likeness (QED) is 0.198. The monoisotopic (exact) mass is 458 g/mol. The van der Waals surface area contributed by atoms with E-state index in [-0.39, 0.29) is 24.8 Å². The molecule has 174 valence electrons. The van der Waals surface area contributed by atoms with E-state index in [0.29, 0.717) is 12.8 Å². The molecule has 0 saturated heterocycles. The Balaban J connectivity index is 1.41. The van der Waals surface area contributed by atoms with Crippen molar-refractivity contribution >= 4 is 19.8 Å². The topological polar surface area (TPSA) is 69.7 Å². The number of aryl methyl sites for hydroxylation is 2. The van der Waals surface area contributed by atoms with Crippen LogP contribution < -0.4 is 0 Å². The van der Waals surface area contributed by atoms with Crippen LogP contribution in [-0.4, -0.2) is 24.8 Å². The van der Waals surface area contributed by atoms with Crippen molar-refractivity contribution in [2.45, 2.75) is 64.2 Å². The van der Waals surface area contributed by atoms with Gasteiger partial charge in [-0.1, -0.05) is 73.5 Å². The molecule has 32 heavy (non-hydrogen) atoms. The van der Waals surface area contributed by atoms with Gasteiger partial charge in [-0.25, -0.2) is 0 Å². The SMILES string of the molecule is O=C(CCCCCc1ccccc1)CO[PH](=O)OCC(=O)CCCCCc1ccccc1. The van der Waals surface area contributed by atoms with Gasteiger partial charge in [-0.3, -0.25) is 14.2 Å². The Morgan fingerprint density at radius 3 is 1.41 bits per heavy atom. The number of Topliss-reactive ketones (excluding diaryl/α,β-unsaturated/α-hetero) is 2. The summed E-state index contributed by atoms with van der Waals surface area (Å²) in [5.74, 6) is -0.173. The maximum absolute atomic E-state index is 11.9. The van der Waals surface area contributed by atoms with Crippen LogP contribution in [0.15, 0.2) is 60.7 Å². The lowest BCUT2D eigenvalue weighted by atomic mass is 10.1. The van der Waals surface area contributed by atoms with Gasteiger partial charge in [0.1, 0.15) is 13.2 Å². The van der Waals surface area contributed by atoms with Gasteiger partial charge < -0.3 is 9.05 Å². The minimum absolute atomic E-state index is 0.0867. The highest BCUT2D eigenvalue weighted by Gasteiger charge is 2.09. The van der Waals surface area contributed by atoms with Crippen LogP contribution in [0, 0.1) is 0 Å². The molecule has 0 aliphatic heterocycles. The molecule has 0 aliphatic rings. The van der Waals surface area contributed by atoms with Crippen molar-refractivity contribution in [2.24, 2.45) is 0 Å². The molecular weight excluding hydrogens is 423 g/mol. The van der Waals surface area contributed by atoms with Crippen LogP contribution in [0.4, 0.5) is 0 Å². The van der Waals surface area contributed by atoms with Crippen LogP contribution >= 0.6 is 8.25 Å². The highest BCUT2D eigenvalue weighted by Crippen LogP contribution is 2.24. The summed E-state index contributed by atoms with van der Waals surface area (Å²) in [4.78, 5) is 23.7. The molecule has 2 aromatic carbocycles. The first-order chi connectivity index (χ1) is 15.6. The molecule has 0 amide bonds.